The smallest absolute Gasteiger partial charge is 0.324 e. The van der Waals surface area contributed by atoms with Crippen LogP contribution in [0, 0.1) is 0 Å². The number of carbonyl (C=O) groups is 3. The summed E-state index contributed by atoms with van der Waals surface area (Å²) in [4.78, 5) is 35.4. The predicted molar refractivity (Wildman–Crippen MR) is 70.1 cm³/mol. The summed E-state index contributed by atoms with van der Waals surface area (Å²) in [5.74, 6) is -0.591. The molecule has 114 valence electrons. The topological polar surface area (TPSA) is 117 Å². The minimum atomic E-state index is -0.885. The highest BCUT2D eigenvalue weighted by molar-refractivity contribution is 5.94. The largest absolute Gasteiger partial charge is 0.481 e. The third-order valence-corrected chi connectivity index (χ3v) is 3.22. The number of nitrogens with zero attached hydrogens (tertiary/aromatic N) is 4. The standard InChI is InChI=1S/C12H17N5O4/c18-10(3-1-2-4-11(19)20)14-12(21)16-5-6-17-8-13-15-9(17)7-16/h8H,1-7H2,(H,19,20)(H,14,18,21). The van der Waals surface area contributed by atoms with Gasteiger partial charge in [0.25, 0.3) is 0 Å². The molecule has 1 aliphatic rings. The molecule has 2 N–H and O–H groups in total. The van der Waals surface area contributed by atoms with Crippen molar-refractivity contribution in [3.05, 3.63) is 12.2 Å². The van der Waals surface area contributed by atoms with Gasteiger partial charge in [0.2, 0.25) is 5.91 Å². The van der Waals surface area contributed by atoms with E-state index in [1.807, 2.05) is 4.57 Å². The highest BCUT2D eigenvalue weighted by atomic mass is 16.4. The van der Waals surface area contributed by atoms with Gasteiger partial charge in [0.1, 0.15) is 6.33 Å². The quantitative estimate of drug-likeness (QED) is 0.737. The molecule has 21 heavy (non-hydrogen) atoms. The molecule has 1 aromatic rings. The number of amides is 3. The van der Waals surface area contributed by atoms with Crippen LogP contribution in [0.5, 0.6) is 0 Å². The minimum absolute atomic E-state index is 0.0308. The zero-order valence-corrected chi connectivity index (χ0v) is 11.5. The van der Waals surface area contributed by atoms with Crippen LogP contribution in [-0.4, -0.2) is 49.2 Å². The molecule has 0 atom stereocenters. The molecule has 2 rings (SSSR count). The van der Waals surface area contributed by atoms with Crippen molar-refractivity contribution in [1.82, 2.24) is 25.0 Å². The number of aliphatic carboxylic acids is 1. The molecular formula is C12H17N5O4. The summed E-state index contributed by atoms with van der Waals surface area (Å²) in [6.07, 6.45) is 2.65. The molecule has 0 aromatic carbocycles. The summed E-state index contributed by atoms with van der Waals surface area (Å²) in [7, 11) is 0. The van der Waals surface area contributed by atoms with Crippen molar-refractivity contribution < 1.29 is 19.5 Å². The van der Waals surface area contributed by atoms with Gasteiger partial charge in [0.15, 0.2) is 5.82 Å². The van der Waals surface area contributed by atoms with Gasteiger partial charge in [-0.25, -0.2) is 4.79 Å². The number of hydrogen-bond donors (Lipinski definition) is 2. The molecule has 0 fully saturated rings. The second-order valence-electron chi connectivity index (χ2n) is 4.82. The summed E-state index contributed by atoms with van der Waals surface area (Å²) in [6, 6.07) is -0.451. The molecular weight excluding hydrogens is 278 g/mol. The first-order chi connectivity index (χ1) is 10.1. The normalized spacial score (nSPS) is 13.6. The average Bonchev–Trinajstić information content (AvgIpc) is 2.90. The van der Waals surface area contributed by atoms with Crippen LogP contribution in [0.2, 0.25) is 0 Å². The Labute approximate surface area is 120 Å². The van der Waals surface area contributed by atoms with Crippen LogP contribution >= 0.6 is 0 Å². The summed E-state index contributed by atoms with van der Waals surface area (Å²) >= 11 is 0. The lowest BCUT2D eigenvalue weighted by Gasteiger charge is -2.26. The third-order valence-electron chi connectivity index (χ3n) is 3.22. The fourth-order valence-corrected chi connectivity index (χ4v) is 2.06. The molecule has 0 aliphatic carbocycles. The molecule has 0 unspecified atom stereocenters. The van der Waals surface area contributed by atoms with Crippen LogP contribution in [0.25, 0.3) is 0 Å². The van der Waals surface area contributed by atoms with Crippen LogP contribution in [0.4, 0.5) is 4.79 Å². The van der Waals surface area contributed by atoms with Gasteiger partial charge >= 0.3 is 12.0 Å². The Bertz CT molecular complexity index is 542. The van der Waals surface area contributed by atoms with Gasteiger partial charge in [-0.05, 0) is 12.8 Å². The lowest BCUT2D eigenvalue weighted by Crippen LogP contribution is -2.46. The Kier molecular flexibility index (Phi) is 4.85. The van der Waals surface area contributed by atoms with E-state index >= 15 is 0 Å². The molecule has 1 aliphatic heterocycles. The van der Waals surface area contributed by atoms with Gasteiger partial charge in [0, 0.05) is 25.9 Å². The highest BCUT2D eigenvalue weighted by Gasteiger charge is 2.22. The average molecular weight is 295 g/mol. The molecule has 0 bridgehead atoms. The zero-order valence-electron chi connectivity index (χ0n) is 11.5. The first kappa shape index (κ1) is 14.9. The number of unbranched alkanes of at least 4 members (excludes halogenated alkanes) is 1. The number of nitrogens with one attached hydrogen (secondary N) is 1. The first-order valence-corrected chi connectivity index (χ1v) is 6.73. The third kappa shape index (κ3) is 4.26. The van der Waals surface area contributed by atoms with E-state index < -0.39 is 17.9 Å². The number of fused-ring (bicyclic) bond motifs is 1. The number of imide groups is 1. The number of carboxylic acid groups (broad SMARTS) is 1. The Morgan fingerprint density at radius 2 is 2.00 bits per heavy atom. The van der Waals surface area contributed by atoms with E-state index in [1.54, 1.807) is 6.33 Å². The van der Waals surface area contributed by atoms with E-state index in [0.29, 0.717) is 38.3 Å². The van der Waals surface area contributed by atoms with Crippen molar-refractivity contribution >= 4 is 17.9 Å². The van der Waals surface area contributed by atoms with E-state index in [1.165, 1.54) is 4.90 Å². The molecule has 9 heteroatoms. The Morgan fingerprint density at radius 3 is 2.76 bits per heavy atom. The van der Waals surface area contributed by atoms with E-state index in [4.69, 9.17) is 5.11 Å². The van der Waals surface area contributed by atoms with Gasteiger partial charge in [0.05, 0.1) is 6.54 Å². The molecule has 3 amide bonds. The molecule has 0 saturated carbocycles. The monoisotopic (exact) mass is 295 g/mol. The van der Waals surface area contributed by atoms with Crippen molar-refractivity contribution in [1.29, 1.82) is 0 Å². The molecule has 1 aromatic heterocycles. The van der Waals surface area contributed by atoms with Crippen molar-refractivity contribution in [2.75, 3.05) is 6.54 Å². The summed E-state index contributed by atoms with van der Waals surface area (Å²) in [6.45, 7) is 1.41. The molecule has 0 radical (unpaired) electrons. The first-order valence-electron chi connectivity index (χ1n) is 6.73. The second-order valence-corrected chi connectivity index (χ2v) is 4.82. The number of urea groups is 1. The summed E-state index contributed by atoms with van der Waals surface area (Å²) < 4.78 is 1.86. The predicted octanol–water partition coefficient (Wildman–Crippen LogP) is -0.0251. The maximum absolute atomic E-state index is 11.9. The van der Waals surface area contributed by atoms with Crippen molar-refractivity contribution in [3.63, 3.8) is 0 Å². The van der Waals surface area contributed by atoms with Gasteiger partial charge in [-0.1, -0.05) is 0 Å². The maximum Gasteiger partial charge on any atom is 0.324 e. The molecule has 0 saturated heterocycles. The fraction of sp³-hybridized carbons (Fsp3) is 0.583. The van der Waals surface area contributed by atoms with E-state index in [2.05, 4.69) is 15.5 Å². The van der Waals surface area contributed by atoms with Crippen LogP contribution in [0.15, 0.2) is 6.33 Å². The van der Waals surface area contributed by atoms with E-state index in [0.717, 1.165) is 0 Å². The molecule has 0 spiro atoms. The zero-order chi connectivity index (χ0) is 15.2. The number of carboxylic acids is 1. The van der Waals surface area contributed by atoms with Crippen LogP contribution in [-0.2, 0) is 22.7 Å². The van der Waals surface area contributed by atoms with Gasteiger partial charge in [-0.2, -0.15) is 0 Å². The number of aromatic nitrogens is 3. The summed E-state index contributed by atoms with van der Waals surface area (Å²) in [5.41, 5.74) is 0. The van der Waals surface area contributed by atoms with Gasteiger partial charge in [-0.15, -0.1) is 10.2 Å². The number of rotatable bonds is 5. The minimum Gasteiger partial charge on any atom is -0.481 e. The van der Waals surface area contributed by atoms with E-state index in [9.17, 15) is 14.4 Å². The Morgan fingerprint density at radius 1 is 1.24 bits per heavy atom. The van der Waals surface area contributed by atoms with Crippen LogP contribution in [0.1, 0.15) is 31.5 Å². The van der Waals surface area contributed by atoms with Crippen molar-refractivity contribution in [3.8, 4) is 0 Å². The number of carbonyl (C=O) groups excluding carboxylic acids is 2. The van der Waals surface area contributed by atoms with Crippen LogP contribution < -0.4 is 5.32 Å². The Balaban J connectivity index is 1.72. The van der Waals surface area contributed by atoms with Crippen molar-refractivity contribution in [2.24, 2.45) is 0 Å². The Hall–Kier alpha value is -2.45. The van der Waals surface area contributed by atoms with Gasteiger partial charge < -0.3 is 14.6 Å². The maximum atomic E-state index is 11.9. The fourth-order valence-electron chi connectivity index (χ4n) is 2.06. The molecule has 9 nitrogen and oxygen atoms in total. The van der Waals surface area contributed by atoms with Gasteiger partial charge in [-0.3, -0.25) is 14.9 Å². The van der Waals surface area contributed by atoms with Crippen LogP contribution in [0.3, 0.4) is 0 Å². The van der Waals surface area contributed by atoms with E-state index in [-0.39, 0.29) is 12.8 Å². The SMILES string of the molecule is O=C(O)CCCCC(=O)NC(=O)N1CCn2cnnc2C1. The van der Waals surface area contributed by atoms with Crippen molar-refractivity contribution in [2.45, 2.75) is 38.8 Å². The lowest BCUT2D eigenvalue weighted by atomic mass is 10.2. The summed E-state index contributed by atoms with van der Waals surface area (Å²) in [5, 5.41) is 18.4. The highest BCUT2D eigenvalue weighted by Crippen LogP contribution is 2.09. The second kappa shape index (κ2) is 6.82. The molecule has 2 heterocycles. The lowest BCUT2D eigenvalue weighted by molar-refractivity contribution is -0.137. The number of hydrogen-bond acceptors (Lipinski definition) is 5.